The fraction of sp³-hybridized carbons (Fsp3) is 0.250. The maximum absolute atomic E-state index is 12.4. The van der Waals surface area contributed by atoms with Gasteiger partial charge in [-0.15, -0.1) is 11.6 Å². The van der Waals surface area contributed by atoms with Crippen molar-refractivity contribution in [2.45, 2.75) is 6.18 Å². The van der Waals surface area contributed by atoms with E-state index in [0.29, 0.717) is 0 Å². The molecule has 0 aromatic heterocycles. The summed E-state index contributed by atoms with van der Waals surface area (Å²) in [5.41, 5.74) is -0.510. The lowest BCUT2D eigenvalue weighted by Gasteiger charge is -2.05. The molecule has 1 aromatic carbocycles. The number of benzene rings is 1. The largest absolute Gasteiger partial charge is 0.416 e. The number of hydrogen-bond acceptors (Lipinski definition) is 1. The molecule has 2 nitrogen and oxygen atoms in total. The minimum Gasteiger partial charge on any atom is -0.344 e. The first-order chi connectivity index (χ1) is 8.43. The maximum Gasteiger partial charge on any atom is 0.416 e. The molecule has 0 fully saturated rings. The summed E-state index contributed by atoms with van der Waals surface area (Å²) in [6.07, 6.45) is -4.38. The highest BCUT2D eigenvalue weighted by molar-refractivity contribution is 6.27. The fourth-order valence-electron chi connectivity index (χ4n) is 1.11. The van der Waals surface area contributed by atoms with Crippen molar-refractivity contribution < 1.29 is 18.0 Å². The average Bonchev–Trinajstić information content (AvgIpc) is 2.33. The first-order valence-corrected chi connectivity index (χ1v) is 5.45. The lowest BCUT2D eigenvalue weighted by molar-refractivity contribution is -0.137. The molecular formula is C12H9ClF3NO. The van der Waals surface area contributed by atoms with Crippen LogP contribution >= 0.6 is 11.6 Å². The lowest BCUT2D eigenvalue weighted by atomic mass is 10.1. The van der Waals surface area contributed by atoms with Gasteiger partial charge in [-0.2, -0.15) is 13.2 Å². The molecule has 1 N–H and O–H groups in total. The monoisotopic (exact) mass is 275 g/mol. The van der Waals surface area contributed by atoms with Crippen LogP contribution in [-0.4, -0.2) is 18.3 Å². The number of rotatable bonds is 2. The molecule has 0 aliphatic rings. The molecule has 0 saturated heterocycles. The van der Waals surface area contributed by atoms with Crippen LogP contribution in [-0.2, 0) is 11.0 Å². The Morgan fingerprint density at radius 3 is 2.72 bits per heavy atom. The standard InChI is InChI=1S/C12H9ClF3NO/c13-8-11(18)17-6-2-4-9-3-1-5-10(7-9)12(14,15)16/h1,3,5,7H,6,8H2,(H,17,18). The quantitative estimate of drug-likeness (QED) is 0.652. The van der Waals surface area contributed by atoms with Gasteiger partial charge in [0.25, 0.3) is 0 Å². The summed E-state index contributed by atoms with van der Waals surface area (Å²) in [6, 6.07) is 4.67. The van der Waals surface area contributed by atoms with Crippen LogP contribution in [0.2, 0.25) is 0 Å². The summed E-state index contributed by atoms with van der Waals surface area (Å²) in [5, 5.41) is 2.38. The molecular weight excluding hydrogens is 267 g/mol. The third-order valence-electron chi connectivity index (χ3n) is 1.92. The average molecular weight is 276 g/mol. The summed E-state index contributed by atoms with van der Waals surface area (Å²) >= 11 is 5.23. The lowest BCUT2D eigenvalue weighted by Crippen LogP contribution is -2.24. The van der Waals surface area contributed by atoms with E-state index >= 15 is 0 Å². The second-order valence-electron chi connectivity index (χ2n) is 3.29. The Balaban J connectivity index is 2.69. The zero-order valence-corrected chi connectivity index (χ0v) is 9.90. The molecule has 0 saturated carbocycles. The third-order valence-corrected chi connectivity index (χ3v) is 2.16. The molecule has 6 heteroatoms. The van der Waals surface area contributed by atoms with Gasteiger partial charge in [0.15, 0.2) is 0 Å². The van der Waals surface area contributed by atoms with Gasteiger partial charge in [0.05, 0.1) is 12.1 Å². The minimum atomic E-state index is -4.38. The number of carbonyl (C=O) groups is 1. The van der Waals surface area contributed by atoms with E-state index in [9.17, 15) is 18.0 Å². The first kappa shape index (κ1) is 14.4. The van der Waals surface area contributed by atoms with Crippen LogP contribution < -0.4 is 5.32 Å². The molecule has 0 unspecified atom stereocenters. The second kappa shape index (κ2) is 6.31. The highest BCUT2D eigenvalue weighted by atomic mass is 35.5. The Bertz CT molecular complexity index is 488. The van der Waals surface area contributed by atoms with Crippen LogP contribution in [0.15, 0.2) is 24.3 Å². The van der Waals surface area contributed by atoms with Gasteiger partial charge in [-0.25, -0.2) is 0 Å². The van der Waals surface area contributed by atoms with E-state index in [4.69, 9.17) is 11.6 Å². The van der Waals surface area contributed by atoms with Gasteiger partial charge in [-0.05, 0) is 18.2 Å². The van der Waals surface area contributed by atoms with Crippen LogP contribution in [0.1, 0.15) is 11.1 Å². The highest BCUT2D eigenvalue weighted by Crippen LogP contribution is 2.29. The maximum atomic E-state index is 12.4. The normalized spacial score (nSPS) is 10.4. The molecule has 1 amide bonds. The van der Waals surface area contributed by atoms with E-state index in [2.05, 4.69) is 17.2 Å². The molecule has 0 radical (unpaired) electrons. The summed E-state index contributed by atoms with van der Waals surface area (Å²) in [5.74, 6) is 4.51. The summed E-state index contributed by atoms with van der Waals surface area (Å²) in [4.78, 5) is 10.7. The van der Waals surface area contributed by atoms with Crippen LogP contribution in [0.5, 0.6) is 0 Å². The van der Waals surface area contributed by atoms with Crippen LogP contribution in [0.25, 0.3) is 0 Å². The van der Waals surface area contributed by atoms with Crippen molar-refractivity contribution in [3.8, 4) is 11.8 Å². The van der Waals surface area contributed by atoms with Crippen molar-refractivity contribution in [3.63, 3.8) is 0 Å². The first-order valence-electron chi connectivity index (χ1n) is 4.92. The zero-order chi connectivity index (χ0) is 13.6. The Hall–Kier alpha value is -1.67. The van der Waals surface area contributed by atoms with Crippen molar-refractivity contribution >= 4 is 17.5 Å². The zero-order valence-electron chi connectivity index (χ0n) is 9.14. The van der Waals surface area contributed by atoms with Crippen LogP contribution in [0.4, 0.5) is 13.2 Å². The topological polar surface area (TPSA) is 29.1 Å². The number of halogens is 4. The molecule has 1 rings (SSSR count). The number of carbonyl (C=O) groups excluding carboxylic acids is 1. The van der Waals surface area contributed by atoms with Crippen molar-refractivity contribution in [2.75, 3.05) is 12.4 Å². The SMILES string of the molecule is O=C(CCl)NCC#Cc1cccc(C(F)(F)F)c1. The number of nitrogens with one attached hydrogen (secondary N) is 1. The van der Waals surface area contributed by atoms with Gasteiger partial charge in [0.2, 0.25) is 5.91 Å². The predicted octanol–water partition coefficient (Wildman–Crippen LogP) is 2.41. The highest BCUT2D eigenvalue weighted by Gasteiger charge is 2.30. The molecule has 0 aliphatic heterocycles. The number of amides is 1. The molecule has 0 atom stereocenters. The summed E-state index contributed by atoms with van der Waals surface area (Å²) in [6.45, 7) is 0.0435. The van der Waals surface area contributed by atoms with Crippen molar-refractivity contribution in [1.29, 1.82) is 0 Å². The molecule has 1 aromatic rings. The van der Waals surface area contributed by atoms with Crippen LogP contribution in [0, 0.1) is 11.8 Å². The smallest absolute Gasteiger partial charge is 0.344 e. The Morgan fingerprint density at radius 2 is 2.11 bits per heavy atom. The predicted molar refractivity (Wildman–Crippen MR) is 62.1 cm³/mol. The van der Waals surface area contributed by atoms with E-state index < -0.39 is 11.7 Å². The molecule has 0 bridgehead atoms. The Labute approximate surface area is 107 Å². The van der Waals surface area contributed by atoms with Gasteiger partial charge >= 0.3 is 6.18 Å². The summed E-state index contributed by atoms with van der Waals surface area (Å²) in [7, 11) is 0. The van der Waals surface area contributed by atoms with Gasteiger partial charge in [-0.3, -0.25) is 4.79 Å². The molecule has 18 heavy (non-hydrogen) atoms. The van der Waals surface area contributed by atoms with E-state index in [-0.39, 0.29) is 23.9 Å². The Morgan fingerprint density at radius 1 is 1.39 bits per heavy atom. The second-order valence-corrected chi connectivity index (χ2v) is 3.56. The molecule has 0 heterocycles. The van der Waals surface area contributed by atoms with E-state index in [1.165, 1.54) is 12.1 Å². The minimum absolute atomic E-state index is 0.0435. The van der Waals surface area contributed by atoms with Crippen molar-refractivity contribution in [3.05, 3.63) is 35.4 Å². The third kappa shape index (κ3) is 4.68. The van der Waals surface area contributed by atoms with Crippen molar-refractivity contribution in [2.24, 2.45) is 0 Å². The van der Waals surface area contributed by atoms with E-state index in [1.807, 2.05) is 0 Å². The van der Waals surface area contributed by atoms with Gasteiger partial charge < -0.3 is 5.32 Å². The number of hydrogen-bond donors (Lipinski definition) is 1. The van der Waals surface area contributed by atoms with Gasteiger partial charge in [0, 0.05) is 5.56 Å². The van der Waals surface area contributed by atoms with Crippen LogP contribution in [0.3, 0.4) is 0 Å². The van der Waals surface area contributed by atoms with Gasteiger partial charge in [-0.1, -0.05) is 17.9 Å². The van der Waals surface area contributed by atoms with Crippen molar-refractivity contribution in [1.82, 2.24) is 5.32 Å². The molecule has 96 valence electrons. The molecule has 0 spiro atoms. The van der Waals surface area contributed by atoms with Gasteiger partial charge in [0.1, 0.15) is 5.88 Å². The van der Waals surface area contributed by atoms with E-state index in [1.54, 1.807) is 0 Å². The summed E-state index contributed by atoms with van der Waals surface area (Å²) < 4.78 is 37.2. The number of alkyl halides is 4. The molecule has 0 aliphatic carbocycles. The van der Waals surface area contributed by atoms with E-state index in [0.717, 1.165) is 12.1 Å². The Kier molecular flexibility index (Phi) is 5.05. The fourth-order valence-corrected chi connectivity index (χ4v) is 1.20.